The highest BCUT2D eigenvalue weighted by Crippen LogP contribution is 2.33. The van der Waals surface area contributed by atoms with E-state index in [0.29, 0.717) is 47.8 Å². The smallest absolute Gasteiger partial charge is 0.264 e. The highest BCUT2D eigenvalue weighted by atomic mass is 35.5. The number of rotatable bonds is 12. The fraction of sp³-hybridized carbons (Fsp3) is 0.259. The van der Waals surface area contributed by atoms with Gasteiger partial charge in [0.15, 0.2) is 0 Å². The van der Waals surface area contributed by atoms with Crippen molar-refractivity contribution >= 4 is 46.1 Å². The van der Waals surface area contributed by atoms with Crippen LogP contribution in [0.2, 0.25) is 5.02 Å². The second-order valence-corrected chi connectivity index (χ2v) is 11.4. The standard InChI is InChI=1S/C27H29ClFN3O4S2/c1-18(33)32-38(35,36)26-9-5-3-7-23(26)22-11-10-19(14-24(22)28)16-30-13-12-27(34)31-17-21(37)15-20-6-2-4-8-25(20)29/h2-11,14,21,30,37H,12-13,15-17H2,1H3,(H,31,34)(H,32,33)/t21-/m1/s1. The van der Waals surface area contributed by atoms with Crippen molar-refractivity contribution in [3.05, 3.63) is 88.7 Å². The Hall–Kier alpha value is -2.92. The van der Waals surface area contributed by atoms with Crippen molar-refractivity contribution in [3.8, 4) is 11.1 Å². The molecule has 0 saturated heterocycles. The zero-order valence-electron chi connectivity index (χ0n) is 20.7. The van der Waals surface area contributed by atoms with E-state index in [-0.39, 0.29) is 28.3 Å². The van der Waals surface area contributed by atoms with Crippen LogP contribution >= 0.6 is 24.2 Å². The van der Waals surface area contributed by atoms with Gasteiger partial charge in [0, 0.05) is 54.4 Å². The monoisotopic (exact) mass is 577 g/mol. The van der Waals surface area contributed by atoms with Crippen LogP contribution in [0.15, 0.2) is 71.6 Å². The number of nitrogens with one attached hydrogen (secondary N) is 3. The second-order valence-electron chi connectivity index (χ2n) is 8.65. The van der Waals surface area contributed by atoms with Crippen molar-refractivity contribution in [3.63, 3.8) is 0 Å². The average Bonchev–Trinajstić information content (AvgIpc) is 2.86. The van der Waals surface area contributed by atoms with Gasteiger partial charge in [-0.15, -0.1) is 0 Å². The first-order valence-corrected chi connectivity index (χ1v) is 14.2. The van der Waals surface area contributed by atoms with E-state index in [1.54, 1.807) is 48.5 Å². The first-order chi connectivity index (χ1) is 18.1. The largest absolute Gasteiger partial charge is 0.355 e. The number of halogens is 2. The number of benzene rings is 3. The lowest BCUT2D eigenvalue weighted by Gasteiger charge is -2.14. The summed E-state index contributed by atoms with van der Waals surface area (Å²) in [5.74, 6) is -1.11. The van der Waals surface area contributed by atoms with Crippen molar-refractivity contribution in [2.45, 2.75) is 36.5 Å². The molecule has 0 bridgehead atoms. The molecule has 0 aliphatic rings. The molecule has 3 N–H and O–H groups in total. The lowest BCUT2D eigenvalue weighted by atomic mass is 10.0. The predicted octanol–water partition coefficient (Wildman–Crippen LogP) is 4.11. The van der Waals surface area contributed by atoms with Crippen LogP contribution in [-0.4, -0.2) is 38.6 Å². The zero-order valence-corrected chi connectivity index (χ0v) is 23.2. The summed E-state index contributed by atoms with van der Waals surface area (Å²) in [6.45, 7) is 2.33. The normalized spacial score (nSPS) is 12.1. The van der Waals surface area contributed by atoms with Crippen LogP contribution < -0.4 is 15.4 Å². The molecule has 7 nitrogen and oxygen atoms in total. The van der Waals surface area contributed by atoms with Gasteiger partial charge in [0.25, 0.3) is 10.0 Å². The molecule has 2 amide bonds. The Morgan fingerprint density at radius 1 is 1.03 bits per heavy atom. The molecule has 0 heterocycles. The van der Waals surface area contributed by atoms with Crippen LogP contribution in [0, 0.1) is 5.82 Å². The molecule has 0 saturated carbocycles. The minimum Gasteiger partial charge on any atom is -0.355 e. The average molecular weight is 578 g/mol. The summed E-state index contributed by atoms with van der Waals surface area (Å²) in [5, 5.41) is 6.13. The Morgan fingerprint density at radius 3 is 2.45 bits per heavy atom. The molecular formula is C27H29ClFN3O4S2. The lowest BCUT2D eigenvalue weighted by Crippen LogP contribution is -2.32. The summed E-state index contributed by atoms with van der Waals surface area (Å²) in [6.07, 6.45) is 0.662. The molecule has 202 valence electrons. The quantitative estimate of drug-likeness (QED) is 0.192. The van der Waals surface area contributed by atoms with Crippen molar-refractivity contribution in [2.75, 3.05) is 13.1 Å². The van der Waals surface area contributed by atoms with Crippen LogP contribution in [0.1, 0.15) is 24.5 Å². The third kappa shape index (κ3) is 8.56. The molecule has 11 heteroatoms. The van der Waals surface area contributed by atoms with Crippen LogP contribution in [0.4, 0.5) is 4.39 Å². The maximum atomic E-state index is 13.8. The van der Waals surface area contributed by atoms with Gasteiger partial charge < -0.3 is 10.6 Å². The van der Waals surface area contributed by atoms with Gasteiger partial charge in [0.2, 0.25) is 11.8 Å². The molecule has 0 radical (unpaired) electrons. The van der Waals surface area contributed by atoms with E-state index < -0.39 is 15.9 Å². The summed E-state index contributed by atoms with van der Waals surface area (Å²) < 4.78 is 40.9. The number of carbonyl (C=O) groups is 2. The molecule has 0 aliphatic carbocycles. The van der Waals surface area contributed by atoms with E-state index in [1.807, 2.05) is 10.8 Å². The number of sulfonamides is 1. The number of thiol groups is 1. The maximum absolute atomic E-state index is 13.8. The minimum atomic E-state index is -4.05. The van der Waals surface area contributed by atoms with Gasteiger partial charge in [-0.1, -0.05) is 60.1 Å². The highest BCUT2D eigenvalue weighted by molar-refractivity contribution is 7.90. The first kappa shape index (κ1) is 29.6. The van der Waals surface area contributed by atoms with Gasteiger partial charge in [-0.05, 0) is 35.7 Å². The Balaban J connectivity index is 1.50. The Morgan fingerprint density at radius 2 is 1.74 bits per heavy atom. The fourth-order valence-corrected chi connectivity index (χ4v) is 5.61. The van der Waals surface area contributed by atoms with Crippen LogP contribution in [-0.2, 0) is 32.6 Å². The molecule has 3 aromatic carbocycles. The van der Waals surface area contributed by atoms with E-state index in [4.69, 9.17) is 11.6 Å². The zero-order chi connectivity index (χ0) is 27.7. The van der Waals surface area contributed by atoms with Crippen molar-refractivity contribution in [1.29, 1.82) is 0 Å². The number of amides is 2. The van der Waals surface area contributed by atoms with Gasteiger partial charge in [-0.2, -0.15) is 12.6 Å². The van der Waals surface area contributed by atoms with E-state index in [9.17, 15) is 22.4 Å². The molecule has 0 fully saturated rings. The van der Waals surface area contributed by atoms with E-state index in [1.165, 1.54) is 12.1 Å². The molecule has 0 aliphatic heterocycles. The summed E-state index contributed by atoms with van der Waals surface area (Å²) in [7, 11) is -4.05. The highest BCUT2D eigenvalue weighted by Gasteiger charge is 2.21. The molecule has 0 aromatic heterocycles. The topological polar surface area (TPSA) is 104 Å². The molecule has 0 unspecified atom stereocenters. The Kier molecular flexibility index (Phi) is 10.7. The van der Waals surface area contributed by atoms with Crippen LogP contribution in [0.5, 0.6) is 0 Å². The van der Waals surface area contributed by atoms with Crippen molar-refractivity contribution < 1.29 is 22.4 Å². The summed E-state index contributed by atoms with van der Waals surface area (Å²) in [6, 6.07) is 18.0. The SMILES string of the molecule is CC(=O)NS(=O)(=O)c1ccccc1-c1ccc(CNCCC(=O)NC[C@H](S)Cc2ccccc2F)cc1Cl. The molecule has 3 rings (SSSR count). The van der Waals surface area contributed by atoms with Gasteiger partial charge in [0.1, 0.15) is 5.82 Å². The minimum absolute atomic E-state index is 0.0497. The first-order valence-electron chi connectivity index (χ1n) is 11.9. The van der Waals surface area contributed by atoms with E-state index >= 15 is 0 Å². The molecule has 0 spiro atoms. The number of hydrogen-bond acceptors (Lipinski definition) is 6. The third-order valence-electron chi connectivity index (χ3n) is 5.58. The molecule has 1 atom stereocenters. The second kappa shape index (κ2) is 13.7. The van der Waals surface area contributed by atoms with Crippen LogP contribution in [0.3, 0.4) is 0 Å². The summed E-state index contributed by atoms with van der Waals surface area (Å²) >= 11 is 10.9. The number of carbonyl (C=O) groups excluding carboxylic acids is 2. The van der Waals surface area contributed by atoms with Gasteiger partial charge in [-0.25, -0.2) is 17.5 Å². The lowest BCUT2D eigenvalue weighted by molar-refractivity contribution is -0.121. The van der Waals surface area contributed by atoms with E-state index in [2.05, 4.69) is 23.3 Å². The fourth-order valence-electron chi connectivity index (χ4n) is 3.80. The van der Waals surface area contributed by atoms with E-state index in [0.717, 1.165) is 12.5 Å². The summed E-state index contributed by atoms with van der Waals surface area (Å²) in [5.41, 5.74) is 2.29. The van der Waals surface area contributed by atoms with Gasteiger partial charge in [0.05, 0.1) is 4.90 Å². The predicted molar refractivity (Wildman–Crippen MR) is 150 cm³/mol. The van der Waals surface area contributed by atoms with Gasteiger partial charge >= 0.3 is 0 Å². The maximum Gasteiger partial charge on any atom is 0.264 e. The third-order valence-corrected chi connectivity index (χ3v) is 7.75. The van der Waals surface area contributed by atoms with Crippen molar-refractivity contribution in [1.82, 2.24) is 15.4 Å². The molecule has 3 aromatic rings. The van der Waals surface area contributed by atoms with Crippen molar-refractivity contribution in [2.24, 2.45) is 0 Å². The Labute approximate surface area is 232 Å². The summed E-state index contributed by atoms with van der Waals surface area (Å²) in [4.78, 5) is 23.4. The number of hydrogen-bond donors (Lipinski definition) is 4. The van der Waals surface area contributed by atoms with Crippen LogP contribution in [0.25, 0.3) is 11.1 Å². The molecular weight excluding hydrogens is 549 g/mol. The molecule has 38 heavy (non-hydrogen) atoms. The Bertz CT molecular complexity index is 1400. The van der Waals surface area contributed by atoms with Gasteiger partial charge in [-0.3, -0.25) is 9.59 Å².